The minimum Gasteiger partial charge on any atom is -0.396 e. The Bertz CT molecular complexity index is 583. The number of hydrogen-bond donors (Lipinski definition) is 1. The average Bonchev–Trinajstić information content (AvgIpc) is 2.41. The van der Waals surface area contributed by atoms with Crippen molar-refractivity contribution >= 4 is 15.7 Å². The largest absolute Gasteiger partial charge is 0.396 e. The molecule has 0 aromatic heterocycles. The normalized spacial score (nSPS) is 18.6. The zero-order valence-electron chi connectivity index (χ0n) is 11.7. The van der Waals surface area contributed by atoms with E-state index in [9.17, 15) is 12.8 Å². The van der Waals surface area contributed by atoms with Gasteiger partial charge in [0, 0.05) is 13.1 Å². The van der Waals surface area contributed by atoms with E-state index in [0.29, 0.717) is 0 Å². The van der Waals surface area contributed by atoms with E-state index >= 15 is 0 Å². The van der Waals surface area contributed by atoms with Crippen LogP contribution in [0.5, 0.6) is 0 Å². The first-order valence-electron chi connectivity index (χ1n) is 6.54. The van der Waals surface area contributed by atoms with E-state index in [0.717, 1.165) is 32.0 Å². The van der Waals surface area contributed by atoms with Crippen LogP contribution in [0.3, 0.4) is 0 Å². The van der Waals surface area contributed by atoms with Gasteiger partial charge in [0.25, 0.3) is 0 Å². The number of sulfonamides is 1. The summed E-state index contributed by atoms with van der Waals surface area (Å²) < 4.78 is 39.8. The lowest BCUT2D eigenvalue weighted by Gasteiger charge is -2.34. The minimum absolute atomic E-state index is 0.0446. The quantitative estimate of drug-likeness (QED) is 0.850. The van der Waals surface area contributed by atoms with Gasteiger partial charge in [-0.3, -0.25) is 0 Å². The van der Waals surface area contributed by atoms with Crippen LogP contribution in [0.4, 0.5) is 10.1 Å². The van der Waals surface area contributed by atoms with Crippen molar-refractivity contribution in [2.75, 3.05) is 32.9 Å². The van der Waals surface area contributed by atoms with Crippen molar-refractivity contribution in [1.82, 2.24) is 9.21 Å². The van der Waals surface area contributed by atoms with Crippen LogP contribution in [0.25, 0.3) is 0 Å². The van der Waals surface area contributed by atoms with E-state index < -0.39 is 15.8 Å². The lowest BCUT2D eigenvalue weighted by atomic mass is 10.1. The zero-order valence-corrected chi connectivity index (χ0v) is 12.5. The highest BCUT2D eigenvalue weighted by Gasteiger charge is 2.30. The maximum atomic E-state index is 13.5. The van der Waals surface area contributed by atoms with Gasteiger partial charge in [-0.1, -0.05) is 0 Å². The molecule has 0 radical (unpaired) electrons. The number of halogens is 1. The zero-order chi connectivity index (χ0) is 14.9. The second-order valence-electron chi connectivity index (χ2n) is 5.24. The molecule has 20 heavy (non-hydrogen) atoms. The van der Waals surface area contributed by atoms with E-state index in [4.69, 9.17) is 5.73 Å². The molecule has 1 aromatic carbocycles. The van der Waals surface area contributed by atoms with E-state index in [-0.39, 0.29) is 16.6 Å². The Labute approximate surface area is 119 Å². The van der Waals surface area contributed by atoms with Crippen LogP contribution >= 0.6 is 0 Å². The standard InChI is InChI=1S/C13H20FN3O2S/c1-16-7-5-10(6-8-16)17(2)20(18,19)11-3-4-13(15)12(14)9-11/h3-4,9-10H,5-8,15H2,1-2H3. The van der Waals surface area contributed by atoms with Gasteiger partial charge in [-0.2, -0.15) is 4.31 Å². The second-order valence-corrected chi connectivity index (χ2v) is 7.24. The molecule has 2 N–H and O–H groups in total. The fourth-order valence-corrected chi connectivity index (χ4v) is 3.82. The molecule has 1 heterocycles. The summed E-state index contributed by atoms with van der Waals surface area (Å²) in [6.45, 7) is 1.72. The van der Waals surface area contributed by atoms with Crippen LogP contribution in [0, 0.1) is 5.82 Å². The number of piperidine rings is 1. The van der Waals surface area contributed by atoms with Gasteiger partial charge in [0.2, 0.25) is 10.0 Å². The number of nitrogens with zero attached hydrogens (tertiary/aromatic N) is 2. The van der Waals surface area contributed by atoms with Crippen molar-refractivity contribution in [3.05, 3.63) is 24.0 Å². The highest BCUT2D eigenvalue weighted by atomic mass is 32.2. The van der Waals surface area contributed by atoms with Crippen molar-refractivity contribution < 1.29 is 12.8 Å². The smallest absolute Gasteiger partial charge is 0.243 e. The van der Waals surface area contributed by atoms with Gasteiger partial charge >= 0.3 is 0 Å². The van der Waals surface area contributed by atoms with Crippen LogP contribution in [-0.4, -0.2) is 50.8 Å². The molecule has 2 rings (SSSR count). The fourth-order valence-electron chi connectivity index (χ4n) is 2.39. The summed E-state index contributed by atoms with van der Waals surface area (Å²) in [5, 5.41) is 0. The van der Waals surface area contributed by atoms with E-state index in [2.05, 4.69) is 4.90 Å². The first kappa shape index (κ1) is 15.2. The summed E-state index contributed by atoms with van der Waals surface area (Å²) in [6.07, 6.45) is 1.56. The third-order valence-corrected chi connectivity index (χ3v) is 5.76. The third kappa shape index (κ3) is 2.94. The Morgan fingerprint density at radius 2 is 1.95 bits per heavy atom. The summed E-state index contributed by atoms with van der Waals surface area (Å²) in [7, 11) is -0.107. The lowest BCUT2D eigenvalue weighted by Crippen LogP contribution is -2.44. The van der Waals surface area contributed by atoms with E-state index in [1.54, 1.807) is 7.05 Å². The first-order valence-corrected chi connectivity index (χ1v) is 7.98. The minimum atomic E-state index is -3.68. The van der Waals surface area contributed by atoms with Crippen molar-refractivity contribution in [1.29, 1.82) is 0 Å². The topological polar surface area (TPSA) is 66.6 Å². The molecule has 1 fully saturated rings. The number of nitrogens with two attached hydrogens (primary N) is 1. The van der Waals surface area contributed by atoms with Crippen LogP contribution in [-0.2, 0) is 10.0 Å². The Hall–Kier alpha value is -1.18. The summed E-state index contributed by atoms with van der Waals surface area (Å²) >= 11 is 0. The SMILES string of the molecule is CN1CCC(N(C)S(=O)(=O)c2ccc(N)c(F)c2)CC1. The lowest BCUT2D eigenvalue weighted by molar-refractivity contribution is 0.197. The summed E-state index contributed by atoms with van der Waals surface area (Å²) in [5.74, 6) is -0.706. The molecule has 0 amide bonds. The maximum absolute atomic E-state index is 13.5. The van der Waals surface area contributed by atoms with Crippen LogP contribution in [0.15, 0.2) is 23.1 Å². The molecule has 0 unspecified atom stereocenters. The number of benzene rings is 1. The average molecular weight is 301 g/mol. The van der Waals surface area contributed by atoms with Gasteiger partial charge in [-0.15, -0.1) is 0 Å². The molecule has 0 spiro atoms. The highest BCUT2D eigenvalue weighted by molar-refractivity contribution is 7.89. The summed E-state index contributed by atoms with van der Waals surface area (Å²) in [6, 6.07) is 3.57. The van der Waals surface area contributed by atoms with Crippen LogP contribution < -0.4 is 5.73 Å². The van der Waals surface area contributed by atoms with Crippen molar-refractivity contribution in [3.8, 4) is 0 Å². The Morgan fingerprint density at radius 1 is 1.35 bits per heavy atom. The Morgan fingerprint density at radius 3 is 2.50 bits per heavy atom. The van der Waals surface area contributed by atoms with Crippen molar-refractivity contribution in [3.63, 3.8) is 0 Å². The van der Waals surface area contributed by atoms with Crippen LogP contribution in [0.1, 0.15) is 12.8 Å². The van der Waals surface area contributed by atoms with Gasteiger partial charge in [-0.25, -0.2) is 12.8 Å². The molecule has 1 aromatic rings. The summed E-state index contributed by atoms with van der Waals surface area (Å²) in [5.41, 5.74) is 5.33. The van der Waals surface area contributed by atoms with Gasteiger partial charge in [0.1, 0.15) is 5.82 Å². The Balaban J connectivity index is 2.23. The molecule has 0 saturated carbocycles. The summed E-state index contributed by atoms with van der Waals surface area (Å²) in [4.78, 5) is 2.12. The molecule has 0 bridgehead atoms. The Kier molecular flexibility index (Phi) is 4.31. The van der Waals surface area contributed by atoms with Gasteiger partial charge < -0.3 is 10.6 Å². The van der Waals surface area contributed by atoms with Gasteiger partial charge in [-0.05, 0) is 51.2 Å². The molecular weight excluding hydrogens is 281 g/mol. The molecular formula is C13H20FN3O2S. The molecule has 7 heteroatoms. The predicted octanol–water partition coefficient (Wildman–Crippen LogP) is 1.12. The molecule has 1 aliphatic heterocycles. The molecule has 0 aliphatic carbocycles. The maximum Gasteiger partial charge on any atom is 0.243 e. The van der Waals surface area contributed by atoms with Gasteiger partial charge in [0.15, 0.2) is 0 Å². The number of likely N-dealkylation sites (tertiary alicyclic amines) is 1. The first-order chi connectivity index (χ1) is 9.32. The van der Waals surface area contributed by atoms with Crippen molar-refractivity contribution in [2.24, 2.45) is 0 Å². The highest BCUT2D eigenvalue weighted by Crippen LogP contribution is 2.24. The van der Waals surface area contributed by atoms with Gasteiger partial charge in [0.05, 0.1) is 10.6 Å². The molecule has 0 atom stereocenters. The molecule has 5 nitrogen and oxygen atoms in total. The second kappa shape index (κ2) is 5.67. The number of anilines is 1. The third-order valence-electron chi connectivity index (χ3n) is 3.85. The fraction of sp³-hybridized carbons (Fsp3) is 0.538. The molecule has 112 valence electrons. The van der Waals surface area contributed by atoms with Crippen LogP contribution in [0.2, 0.25) is 0 Å². The van der Waals surface area contributed by atoms with Crippen molar-refractivity contribution in [2.45, 2.75) is 23.8 Å². The molecule has 1 aliphatic rings. The number of hydrogen-bond acceptors (Lipinski definition) is 4. The van der Waals surface area contributed by atoms with E-state index in [1.165, 1.54) is 16.4 Å². The number of rotatable bonds is 3. The predicted molar refractivity (Wildman–Crippen MR) is 76.3 cm³/mol. The number of nitrogen functional groups attached to an aromatic ring is 1. The monoisotopic (exact) mass is 301 g/mol. The van der Waals surface area contributed by atoms with E-state index in [1.807, 2.05) is 7.05 Å². The molecule has 1 saturated heterocycles.